The second kappa shape index (κ2) is 6.54. The van der Waals surface area contributed by atoms with Gasteiger partial charge in [-0.25, -0.2) is 0 Å². The van der Waals surface area contributed by atoms with Crippen LogP contribution in [0.3, 0.4) is 0 Å². The van der Waals surface area contributed by atoms with E-state index < -0.39 is 0 Å². The average molecular weight is 253 g/mol. The number of nitrogens with zero attached hydrogens (tertiary/aromatic N) is 2. The number of aryl methyl sites for hydroxylation is 2. The molecule has 1 rings (SSSR count). The molecule has 0 aromatic carbocycles. The summed E-state index contributed by atoms with van der Waals surface area (Å²) in [6.45, 7) is 8.56. The Bertz CT molecular complexity index is 399. The molecule has 18 heavy (non-hydrogen) atoms. The van der Waals surface area contributed by atoms with Gasteiger partial charge in [0.15, 0.2) is 0 Å². The number of carbonyl (C=O) groups excluding carboxylic acids is 1. The van der Waals surface area contributed by atoms with Crippen LogP contribution >= 0.6 is 0 Å². The lowest BCUT2D eigenvalue weighted by molar-refractivity contribution is 0.0897. The van der Waals surface area contributed by atoms with E-state index in [-0.39, 0.29) is 18.6 Å². The lowest BCUT2D eigenvalue weighted by atomic mass is 10.0. The first-order valence-corrected chi connectivity index (χ1v) is 6.44. The van der Waals surface area contributed by atoms with Crippen molar-refractivity contribution >= 4 is 5.91 Å². The number of amides is 1. The van der Waals surface area contributed by atoms with E-state index in [2.05, 4.69) is 24.3 Å². The van der Waals surface area contributed by atoms with Crippen LogP contribution in [0.1, 0.15) is 43.4 Å². The molecule has 0 aliphatic carbocycles. The number of hydrogen-bond acceptors (Lipinski definition) is 3. The second-order valence-electron chi connectivity index (χ2n) is 4.97. The molecule has 0 fully saturated rings. The number of nitrogens with one attached hydrogen (secondary N) is 1. The molecule has 2 N–H and O–H groups in total. The van der Waals surface area contributed by atoms with Crippen LogP contribution in [0.25, 0.3) is 0 Å². The van der Waals surface area contributed by atoms with Crippen LogP contribution in [0.4, 0.5) is 0 Å². The number of aromatic nitrogens is 2. The van der Waals surface area contributed by atoms with Gasteiger partial charge in [0.05, 0.1) is 18.3 Å². The summed E-state index contributed by atoms with van der Waals surface area (Å²) in [5, 5.41) is 16.4. The maximum absolute atomic E-state index is 12.1. The third-order valence-corrected chi connectivity index (χ3v) is 2.75. The largest absolute Gasteiger partial charge is 0.394 e. The first-order valence-electron chi connectivity index (χ1n) is 6.44. The SMILES string of the molecule is CCn1nc(C)cc1C(=O)NC(CO)CC(C)C. The van der Waals surface area contributed by atoms with Gasteiger partial charge in [-0.05, 0) is 32.3 Å². The van der Waals surface area contributed by atoms with Gasteiger partial charge in [0, 0.05) is 6.54 Å². The Kier molecular flexibility index (Phi) is 5.34. The molecule has 0 aliphatic rings. The molecular weight excluding hydrogens is 230 g/mol. The number of aliphatic hydroxyl groups is 1. The number of rotatable bonds is 6. The Hall–Kier alpha value is -1.36. The van der Waals surface area contributed by atoms with Gasteiger partial charge < -0.3 is 10.4 Å². The Morgan fingerprint density at radius 1 is 1.56 bits per heavy atom. The summed E-state index contributed by atoms with van der Waals surface area (Å²) < 4.78 is 1.68. The molecule has 1 aromatic heterocycles. The second-order valence-corrected chi connectivity index (χ2v) is 4.97. The predicted octanol–water partition coefficient (Wildman–Crippen LogP) is 1.35. The van der Waals surface area contributed by atoms with Gasteiger partial charge in [0.2, 0.25) is 0 Å². The highest BCUT2D eigenvalue weighted by Gasteiger charge is 2.17. The maximum Gasteiger partial charge on any atom is 0.269 e. The molecule has 5 nitrogen and oxygen atoms in total. The third kappa shape index (κ3) is 3.84. The molecule has 1 unspecified atom stereocenters. The van der Waals surface area contributed by atoms with Crippen molar-refractivity contribution in [2.75, 3.05) is 6.61 Å². The minimum absolute atomic E-state index is 0.0385. The van der Waals surface area contributed by atoms with E-state index in [1.807, 2.05) is 13.8 Å². The molecule has 1 heterocycles. The van der Waals surface area contributed by atoms with Gasteiger partial charge in [0.25, 0.3) is 5.91 Å². The Morgan fingerprint density at radius 2 is 2.22 bits per heavy atom. The predicted molar refractivity (Wildman–Crippen MR) is 70.4 cm³/mol. The summed E-state index contributed by atoms with van der Waals surface area (Å²) in [4.78, 5) is 12.1. The standard InChI is InChI=1S/C13H23N3O2/c1-5-16-12(7-10(4)15-16)13(18)14-11(8-17)6-9(2)3/h7,9,11,17H,5-6,8H2,1-4H3,(H,14,18). The lowest BCUT2D eigenvalue weighted by Gasteiger charge is -2.18. The van der Waals surface area contributed by atoms with Crippen molar-refractivity contribution in [3.05, 3.63) is 17.5 Å². The highest BCUT2D eigenvalue weighted by molar-refractivity contribution is 5.92. The average Bonchev–Trinajstić information content (AvgIpc) is 2.69. The third-order valence-electron chi connectivity index (χ3n) is 2.75. The fourth-order valence-corrected chi connectivity index (χ4v) is 1.98. The van der Waals surface area contributed by atoms with E-state index in [9.17, 15) is 9.90 Å². The summed E-state index contributed by atoms with van der Waals surface area (Å²) in [7, 11) is 0. The van der Waals surface area contributed by atoms with Gasteiger partial charge in [-0.2, -0.15) is 5.10 Å². The van der Waals surface area contributed by atoms with Crippen molar-refractivity contribution in [1.82, 2.24) is 15.1 Å². The molecule has 0 radical (unpaired) electrons. The first-order chi connectivity index (χ1) is 8.47. The highest BCUT2D eigenvalue weighted by Crippen LogP contribution is 2.07. The van der Waals surface area contributed by atoms with Crippen molar-refractivity contribution < 1.29 is 9.90 Å². The van der Waals surface area contributed by atoms with Crippen molar-refractivity contribution in [3.8, 4) is 0 Å². The summed E-state index contributed by atoms with van der Waals surface area (Å²) in [6.07, 6.45) is 0.765. The smallest absolute Gasteiger partial charge is 0.269 e. The number of carbonyl (C=O) groups is 1. The minimum Gasteiger partial charge on any atom is -0.394 e. The fraction of sp³-hybridized carbons (Fsp3) is 0.692. The van der Waals surface area contributed by atoms with Gasteiger partial charge in [0.1, 0.15) is 5.69 Å². The lowest BCUT2D eigenvalue weighted by Crippen LogP contribution is -2.39. The van der Waals surface area contributed by atoms with Crippen LogP contribution in [0.5, 0.6) is 0 Å². The molecule has 0 saturated carbocycles. The van der Waals surface area contributed by atoms with Crippen LogP contribution < -0.4 is 5.32 Å². The molecule has 1 amide bonds. The molecule has 1 aromatic rings. The zero-order valence-electron chi connectivity index (χ0n) is 11.6. The molecule has 102 valence electrons. The molecule has 1 atom stereocenters. The van der Waals surface area contributed by atoms with Crippen molar-refractivity contribution in [2.24, 2.45) is 5.92 Å². The van der Waals surface area contributed by atoms with Crippen molar-refractivity contribution in [2.45, 2.75) is 46.7 Å². The normalized spacial score (nSPS) is 12.8. The van der Waals surface area contributed by atoms with Crippen LogP contribution in [0, 0.1) is 12.8 Å². The minimum atomic E-state index is -0.196. The van der Waals surface area contributed by atoms with E-state index in [1.54, 1.807) is 10.7 Å². The topological polar surface area (TPSA) is 67.2 Å². The van der Waals surface area contributed by atoms with E-state index in [0.29, 0.717) is 18.2 Å². The van der Waals surface area contributed by atoms with Crippen LogP contribution in [0.15, 0.2) is 6.07 Å². The molecule has 0 bridgehead atoms. The monoisotopic (exact) mass is 253 g/mol. The molecule has 0 saturated heterocycles. The quantitative estimate of drug-likeness (QED) is 0.804. The summed E-state index contributed by atoms with van der Waals surface area (Å²) in [5.41, 5.74) is 1.38. The van der Waals surface area contributed by atoms with E-state index in [0.717, 1.165) is 12.1 Å². The zero-order valence-corrected chi connectivity index (χ0v) is 11.6. The van der Waals surface area contributed by atoms with Crippen molar-refractivity contribution in [3.63, 3.8) is 0 Å². The van der Waals surface area contributed by atoms with Crippen LogP contribution in [0.2, 0.25) is 0 Å². The Labute approximate surface area is 108 Å². The van der Waals surface area contributed by atoms with Gasteiger partial charge >= 0.3 is 0 Å². The van der Waals surface area contributed by atoms with Crippen LogP contribution in [-0.2, 0) is 6.54 Å². The Morgan fingerprint density at radius 3 is 2.72 bits per heavy atom. The van der Waals surface area contributed by atoms with E-state index in [1.165, 1.54) is 0 Å². The van der Waals surface area contributed by atoms with E-state index >= 15 is 0 Å². The fourth-order valence-electron chi connectivity index (χ4n) is 1.98. The summed E-state index contributed by atoms with van der Waals surface area (Å²) >= 11 is 0. The maximum atomic E-state index is 12.1. The van der Waals surface area contributed by atoms with E-state index in [4.69, 9.17) is 0 Å². The van der Waals surface area contributed by atoms with Crippen LogP contribution in [-0.4, -0.2) is 33.4 Å². The van der Waals surface area contributed by atoms with Gasteiger partial charge in [-0.1, -0.05) is 13.8 Å². The summed E-state index contributed by atoms with van der Waals surface area (Å²) in [6, 6.07) is 1.57. The molecule has 5 heteroatoms. The highest BCUT2D eigenvalue weighted by atomic mass is 16.3. The Balaban J connectivity index is 2.74. The first kappa shape index (κ1) is 14.7. The zero-order chi connectivity index (χ0) is 13.7. The number of hydrogen-bond donors (Lipinski definition) is 2. The number of aliphatic hydroxyl groups excluding tert-OH is 1. The van der Waals surface area contributed by atoms with Gasteiger partial charge in [-0.15, -0.1) is 0 Å². The summed E-state index contributed by atoms with van der Waals surface area (Å²) in [5.74, 6) is 0.262. The molecule has 0 spiro atoms. The molecular formula is C13H23N3O2. The molecule has 0 aliphatic heterocycles. The van der Waals surface area contributed by atoms with Crippen molar-refractivity contribution in [1.29, 1.82) is 0 Å². The van der Waals surface area contributed by atoms with Gasteiger partial charge in [-0.3, -0.25) is 9.48 Å².